The van der Waals surface area contributed by atoms with Crippen molar-refractivity contribution in [2.24, 2.45) is 23.7 Å². The number of hydrogen-bond donors (Lipinski definition) is 0. The number of ether oxygens (including phenoxy) is 1. The molecule has 26 heavy (non-hydrogen) atoms. The van der Waals surface area contributed by atoms with Gasteiger partial charge in [-0.3, -0.25) is 0 Å². The third-order valence-electron chi connectivity index (χ3n) is 5.54. The Morgan fingerprint density at radius 1 is 0.962 bits per heavy atom. The van der Waals surface area contributed by atoms with Crippen molar-refractivity contribution in [1.29, 1.82) is 5.26 Å². The molecule has 0 atom stereocenters. The number of nitriles is 1. The van der Waals surface area contributed by atoms with Crippen LogP contribution in [0, 0.1) is 35.0 Å². The molecule has 0 heterocycles. The number of carbonyl (C=O) groups excluding carboxylic acids is 1. The van der Waals surface area contributed by atoms with Crippen LogP contribution in [0.4, 0.5) is 0 Å². The lowest BCUT2D eigenvalue weighted by Crippen LogP contribution is -2.26. The van der Waals surface area contributed by atoms with Gasteiger partial charge in [0.25, 0.3) is 0 Å². The van der Waals surface area contributed by atoms with Crippen molar-refractivity contribution in [2.75, 3.05) is 0 Å². The normalized spacial score (nSPS) is 27.2. The lowest BCUT2D eigenvalue weighted by molar-refractivity contribution is -0.134. The second-order valence-corrected chi connectivity index (χ2v) is 7.02. The van der Waals surface area contributed by atoms with E-state index in [2.05, 4.69) is 47.9 Å². The van der Waals surface area contributed by atoms with Gasteiger partial charge in [0.15, 0.2) is 5.76 Å². The number of allylic oxidation sites excluding steroid dienone is 1. The van der Waals surface area contributed by atoms with E-state index in [1.54, 1.807) is 0 Å². The third-order valence-corrected chi connectivity index (χ3v) is 5.54. The first-order valence-electron chi connectivity index (χ1n) is 9.31. The standard InChI is InChI=1S/C23H25NO2/c1-3-5-6-7-8-22(26-23(25)4-2)21-15-13-20(14-16-21)19-11-9-18(17-24)10-12-19/h4,18-21H,1-2,9-16H2. The van der Waals surface area contributed by atoms with Gasteiger partial charge in [0, 0.05) is 17.9 Å². The molecule has 0 radical (unpaired) electrons. The van der Waals surface area contributed by atoms with Crippen LogP contribution in [0.1, 0.15) is 51.4 Å². The highest BCUT2D eigenvalue weighted by Gasteiger charge is 2.32. The third kappa shape index (κ3) is 5.70. The predicted molar refractivity (Wildman–Crippen MR) is 99.5 cm³/mol. The van der Waals surface area contributed by atoms with E-state index < -0.39 is 5.97 Å². The Morgan fingerprint density at radius 2 is 1.58 bits per heavy atom. The summed E-state index contributed by atoms with van der Waals surface area (Å²) in [6.45, 7) is 6.85. The van der Waals surface area contributed by atoms with E-state index in [0.29, 0.717) is 11.7 Å². The van der Waals surface area contributed by atoms with Gasteiger partial charge in [0.2, 0.25) is 0 Å². The van der Waals surface area contributed by atoms with E-state index in [0.717, 1.165) is 50.5 Å². The van der Waals surface area contributed by atoms with Crippen molar-refractivity contribution in [1.82, 2.24) is 0 Å². The van der Waals surface area contributed by atoms with E-state index in [1.807, 2.05) is 0 Å². The molecule has 0 bridgehead atoms. The zero-order valence-corrected chi connectivity index (χ0v) is 15.2. The molecular formula is C23H25NO2. The van der Waals surface area contributed by atoms with Gasteiger partial charge in [0.05, 0.1) is 6.07 Å². The Balaban J connectivity index is 2.03. The van der Waals surface area contributed by atoms with Gasteiger partial charge in [-0.25, -0.2) is 4.79 Å². The highest BCUT2D eigenvalue weighted by Crippen LogP contribution is 2.42. The first-order valence-corrected chi connectivity index (χ1v) is 9.31. The highest BCUT2D eigenvalue weighted by atomic mass is 16.5. The van der Waals surface area contributed by atoms with Gasteiger partial charge in [-0.1, -0.05) is 12.3 Å². The van der Waals surface area contributed by atoms with Crippen molar-refractivity contribution in [3.05, 3.63) is 53.6 Å². The van der Waals surface area contributed by atoms with E-state index in [4.69, 9.17) is 10.00 Å². The van der Waals surface area contributed by atoms with Crippen LogP contribution in [-0.2, 0) is 9.53 Å². The number of nitrogens with zero attached hydrogens (tertiary/aromatic N) is 1. The average Bonchev–Trinajstić information content (AvgIpc) is 2.70. The summed E-state index contributed by atoms with van der Waals surface area (Å²) in [7, 11) is 0. The molecule has 0 spiro atoms. The fourth-order valence-electron chi connectivity index (χ4n) is 4.10. The molecule has 0 aromatic carbocycles. The zero-order valence-electron chi connectivity index (χ0n) is 15.2. The van der Waals surface area contributed by atoms with Crippen molar-refractivity contribution in [2.45, 2.75) is 51.4 Å². The zero-order chi connectivity index (χ0) is 18.8. The predicted octanol–water partition coefficient (Wildman–Crippen LogP) is 5.14. The maximum atomic E-state index is 11.6. The maximum Gasteiger partial charge on any atom is 0.335 e. The number of rotatable bonds is 4. The Bertz CT molecular complexity index is 754. The fourth-order valence-corrected chi connectivity index (χ4v) is 4.10. The van der Waals surface area contributed by atoms with Crippen molar-refractivity contribution in [3.63, 3.8) is 0 Å². The SMILES string of the molecule is C=C=C=C=C=C=C(OC(=O)C=C)C1CCC(C2CCC(C#N)CC2)CC1. The van der Waals surface area contributed by atoms with Crippen molar-refractivity contribution >= 4 is 5.97 Å². The van der Waals surface area contributed by atoms with E-state index >= 15 is 0 Å². The van der Waals surface area contributed by atoms with Gasteiger partial charge in [0.1, 0.15) is 0 Å². The average molecular weight is 347 g/mol. The highest BCUT2D eigenvalue weighted by molar-refractivity contribution is 5.82. The van der Waals surface area contributed by atoms with Crippen LogP contribution in [0.25, 0.3) is 0 Å². The second kappa shape index (κ2) is 10.4. The molecule has 0 aromatic heterocycles. The lowest BCUT2D eigenvalue weighted by atomic mass is 9.69. The quantitative estimate of drug-likeness (QED) is 0.306. The molecule has 2 saturated carbocycles. The molecular weight excluding hydrogens is 322 g/mol. The van der Waals surface area contributed by atoms with Crippen LogP contribution >= 0.6 is 0 Å². The molecule has 0 saturated heterocycles. The molecule has 0 aliphatic heterocycles. The summed E-state index contributed by atoms with van der Waals surface area (Å²) < 4.78 is 5.37. The molecule has 0 unspecified atom stereocenters. The second-order valence-electron chi connectivity index (χ2n) is 7.02. The van der Waals surface area contributed by atoms with E-state index in [-0.39, 0.29) is 11.8 Å². The minimum atomic E-state index is -0.477. The van der Waals surface area contributed by atoms with Gasteiger partial charge in [-0.2, -0.15) is 5.26 Å². The largest absolute Gasteiger partial charge is 0.418 e. The lowest BCUT2D eigenvalue weighted by Gasteiger charge is -2.36. The van der Waals surface area contributed by atoms with Gasteiger partial charge in [-0.15, -0.1) is 0 Å². The van der Waals surface area contributed by atoms with Crippen LogP contribution in [0.3, 0.4) is 0 Å². The van der Waals surface area contributed by atoms with Crippen LogP contribution in [0.2, 0.25) is 0 Å². The maximum absolute atomic E-state index is 11.6. The molecule has 2 aliphatic carbocycles. The van der Waals surface area contributed by atoms with Crippen LogP contribution < -0.4 is 0 Å². The summed E-state index contributed by atoms with van der Waals surface area (Å²) >= 11 is 0. The molecule has 134 valence electrons. The molecule has 0 aromatic rings. The van der Waals surface area contributed by atoms with Gasteiger partial charge in [-0.05, 0) is 92.7 Å². The summed E-state index contributed by atoms with van der Waals surface area (Å²) in [5, 5.41) is 9.05. The summed E-state index contributed by atoms with van der Waals surface area (Å²) in [4.78, 5) is 11.6. The monoisotopic (exact) mass is 347 g/mol. The molecule has 3 heteroatoms. The Morgan fingerprint density at radius 3 is 2.12 bits per heavy atom. The van der Waals surface area contributed by atoms with E-state index in [1.165, 1.54) is 12.8 Å². The molecule has 2 fully saturated rings. The number of esters is 1. The summed E-state index contributed by atoms with van der Waals surface area (Å²) in [6, 6.07) is 2.41. The number of hydrogen-bond acceptors (Lipinski definition) is 3. The van der Waals surface area contributed by atoms with Crippen LogP contribution in [0.15, 0.2) is 53.6 Å². The van der Waals surface area contributed by atoms with Crippen LogP contribution in [-0.4, -0.2) is 5.97 Å². The van der Waals surface area contributed by atoms with Crippen molar-refractivity contribution < 1.29 is 9.53 Å². The minimum Gasteiger partial charge on any atom is -0.418 e. The molecule has 3 nitrogen and oxygen atoms in total. The summed E-state index contributed by atoms with van der Waals surface area (Å²) in [6.07, 6.45) is 9.76. The molecule has 0 amide bonds. The topological polar surface area (TPSA) is 50.1 Å². The first-order chi connectivity index (χ1) is 12.7. The first kappa shape index (κ1) is 19.7. The fraction of sp³-hybridized carbons (Fsp3) is 0.522. The summed E-state index contributed by atoms with van der Waals surface area (Å²) in [5.74, 6) is 1.89. The van der Waals surface area contributed by atoms with Gasteiger partial charge < -0.3 is 4.74 Å². The van der Waals surface area contributed by atoms with Crippen molar-refractivity contribution in [3.8, 4) is 6.07 Å². The summed E-state index contributed by atoms with van der Waals surface area (Å²) in [5.41, 5.74) is 13.2. The smallest absolute Gasteiger partial charge is 0.335 e. The Hall–Kier alpha value is -2.66. The van der Waals surface area contributed by atoms with Crippen LogP contribution in [0.5, 0.6) is 0 Å². The number of carbonyl (C=O) groups is 1. The van der Waals surface area contributed by atoms with Gasteiger partial charge >= 0.3 is 5.97 Å². The molecule has 2 rings (SSSR count). The Labute approximate surface area is 156 Å². The minimum absolute atomic E-state index is 0.160. The molecule has 0 N–H and O–H groups in total. The molecule has 2 aliphatic rings. The van der Waals surface area contributed by atoms with E-state index in [9.17, 15) is 4.79 Å². The Kier molecular flexibility index (Phi) is 7.83.